The average Bonchev–Trinajstić information content (AvgIpc) is 3.56. The van der Waals surface area contributed by atoms with Crippen LogP contribution in [0.1, 0.15) is 160 Å². The number of anilines is 3. The van der Waals surface area contributed by atoms with Gasteiger partial charge in [-0.05, 0) is 143 Å². The summed E-state index contributed by atoms with van der Waals surface area (Å²) in [6.45, 7) is 49.3. The van der Waals surface area contributed by atoms with E-state index in [4.69, 9.17) is 11.0 Å². The van der Waals surface area contributed by atoms with E-state index in [1.54, 1.807) is 0 Å². The van der Waals surface area contributed by atoms with Crippen molar-refractivity contribution in [1.82, 2.24) is 0 Å². The Kier molecular flexibility index (Phi) is 13.2. The summed E-state index contributed by atoms with van der Waals surface area (Å²) in [7, 11) is 2.40. The second-order valence-corrected chi connectivity index (χ2v) is 24.8. The van der Waals surface area contributed by atoms with Crippen molar-refractivity contribution in [2.75, 3.05) is 9.80 Å². The summed E-state index contributed by atoms with van der Waals surface area (Å²) >= 11 is 0. The third-order valence-corrected chi connectivity index (χ3v) is 15.3. The van der Waals surface area contributed by atoms with Gasteiger partial charge in [-0.25, -0.2) is 0 Å². The number of fused-ring (bicyclic) bond motifs is 6. The molecule has 0 saturated carbocycles. The molecule has 4 heteroatoms. The van der Waals surface area contributed by atoms with Gasteiger partial charge in [0.15, 0.2) is 0 Å². The number of hydrogen-bond donors (Lipinski definition) is 0. The van der Waals surface area contributed by atoms with Gasteiger partial charge in [-0.2, -0.15) is 0 Å². The number of hydrogen-bond acceptors (Lipinski definition) is 3. The third-order valence-electron chi connectivity index (χ3n) is 15.3. The van der Waals surface area contributed by atoms with Crippen LogP contribution in [0.3, 0.4) is 0 Å². The van der Waals surface area contributed by atoms with Crippen LogP contribution < -0.4 is 15.5 Å². The summed E-state index contributed by atoms with van der Waals surface area (Å²) in [5.41, 5.74) is 15.6. The summed E-state index contributed by atoms with van der Waals surface area (Å²) < 4.78 is 7.42. The summed E-state index contributed by atoms with van der Waals surface area (Å²) in [5, 5.41) is 1.17. The van der Waals surface area contributed by atoms with Crippen LogP contribution in [0.2, 0.25) is 0 Å². The zero-order valence-corrected chi connectivity index (χ0v) is 43.3. The van der Waals surface area contributed by atoms with Gasteiger partial charge in [0, 0.05) is 28.2 Å². The van der Waals surface area contributed by atoms with E-state index in [0.29, 0.717) is 17.8 Å². The maximum absolute atomic E-state index is 7.42. The van der Waals surface area contributed by atoms with Crippen molar-refractivity contribution in [3.63, 3.8) is 0 Å². The number of benzene rings is 2. The topological polar surface area (TPSA) is 19.6 Å². The molecule has 2 bridgehead atoms. The monoisotopic (exact) mass is 870 g/mol. The van der Waals surface area contributed by atoms with Crippen molar-refractivity contribution in [3.05, 3.63) is 143 Å². The Morgan fingerprint density at radius 1 is 0.877 bits per heavy atom. The Morgan fingerprint density at radius 3 is 2.14 bits per heavy atom. The molecule has 0 N–H and O–H groups in total. The highest BCUT2D eigenvalue weighted by Gasteiger charge is 2.42. The van der Waals surface area contributed by atoms with Crippen LogP contribution in [0.4, 0.5) is 17.1 Å². The fraction of sp³-hybridized carbons (Fsp3) is 0.508. The fourth-order valence-electron chi connectivity index (χ4n) is 11.0. The summed E-state index contributed by atoms with van der Waals surface area (Å²) in [4.78, 5) is 5.18. The van der Waals surface area contributed by atoms with Crippen LogP contribution in [0.15, 0.2) is 137 Å². The lowest BCUT2D eigenvalue weighted by atomic mass is 9.61. The molecule has 65 heavy (non-hydrogen) atoms. The lowest BCUT2D eigenvalue weighted by Crippen LogP contribution is -2.40. The molecule has 3 atom stereocenters. The molecule has 1 radical (unpaired) electrons. The Balaban J connectivity index is 1.59. The van der Waals surface area contributed by atoms with Crippen LogP contribution in [0.5, 0.6) is 0 Å². The van der Waals surface area contributed by atoms with Crippen LogP contribution in [-0.2, 0) is 10.8 Å². The van der Waals surface area contributed by atoms with Gasteiger partial charge in [0.1, 0.15) is 5.58 Å². The zero-order chi connectivity index (χ0) is 47.6. The second-order valence-electron chi connectivity index (χ2n) is 24.8. The standard InChI is InChI=1S/C61H82BN2O/c1-19-20-24-40(4)41(5)52(27-21-23-39(2)3)64-44-26-22-25-43(35-44)63(45-29-30-47(58(9,10)11)48(36-45)59(12,13)14)55-46-37-49-50(61(17,18)33-32-60(49,15)16)38-54(46)65-56(55)62-51-34-42(57(6,7)8)28-31-53(51)64/h19,21-23,25-26,29-30,34-39,47-48,52H,1,4-5,20,24,27-28,31-33H2,2-3,6-18H3/b23-21+. The van der Waals surface area contributed by atoms with Gasteiger partial charge in [-0.1, -0.05) is 176 Å². The number of furan rings is 1. The first-order valence-corrected chi connectivity index (χ1v) is 24.9. The maximum Gasteiger partial charge on any atom is 0.246 e. The Bertz CT molecular complexity index is 2500. The number of rotatable bonds is 10. The third kappa shape index (κ3) is 9.71. The van der Waals surface area contributed by atoms with E-state index in [-0.39, 0.29) is 33.1 Å². The van der Waals surface area contributed by atoms with Crippen LogP contribution in [0.25, 0.3) is 11.0 Å². The van der Waals surface area contributed by atoms with E-state index in [2.05, 4.69) is 207 Å². The maximum atomic E-state index is 7.42. The lowest BCUT2D eigenvalue weighted by molar-refractivity contribution is 0.140. The lowest BCUT2D eigenvalue weighted by Gasteiger charge is -2.44. The van der Waals surface area contributed by atoms with E-state index in [1.165, 1.54) is 44.6 Å². The molecule has 0 spiro atoms. The first kappa shape index (κ1) is 48.5. The SMILES string of the molecule is C=CCCC(=C)C(=C)C(C/C=C/C(C)C)N1C2=C([B]c3oc4cc5c(cc4c3N(C3=CC(C(C)(C)C)C(C(C)(C)C)C=C3)c3cccc1c3)C(C)(C)CCC5(C)C)C=C(C(C)(C)C)CC2. The van der Waals surface area contributed by atoms with Crippen LogP contribution in [-0.4, -0.2) is 13.3 Å². The molecule has 0 amide bonds. The quantitative estimate of drug-likeness (QED) is 0.115. The molecule has 3 nitrogen and oxygen atoms in total. The molecule has 1 aromatic heterocycles. The number of nitrogens with zero attached hydrogens (tertiary/aromatic N) is 2. The normalized spacial score (nSPS) is 21.4. The molecule has 1 aliphatic heterocycles. The molecule has 0 saturated heterocycles. The van der Waals surface area contributed by atoms with Gasteiger partial charge in [-0.3, -0.25) is 0 Å². The molecule has 2 aromatic carbocycles. The van der Waals surface area contributed by atoms with E-state index in [9.17, 15) is 0 Å². The molecule has 3 unspecified atom stereocenters. The fourth-order valence-corrected chi connectivity index (χ4v) is 11.0. The van der Waals surface area contributed by atoms with Gasteiger partial charge in [0.25, 0.3) is 0 Å². The van der Waals surface area contributed by atoms with Gasteiger partial charge in [0.2, 0.25) is 7.28 Å². The predicted molar refractivity (Wildman–Crippen MR) is 285 cm³/mol. The molecule has 0 fully saturated rings. The number of allylic oxidation sites excluding steroid dienone is 9. The molecule has 3 aliphatic carbocycles. The average molecular weight is 870 g/mol. The largest absolute Gasteiger partial charge is 0.469 e. The van der Waals surface area contributed by atoms with Crippen molar-refractivity contribution < 1.29 is 4.42 Å². The minimum absolute atomic E-state index is 0.0106. The Hall–Kier alpha value is -4.44. The van der Waals surface area contributed by atoms with E-state index in [1.807, 2.05) is 6.08 Å². The van der Waals surface area contributed by atoms with Crippen LogP contribution in [0, 0.1) is 34.0 Å². The van der Waals surface area contributed by atoms with Gasteiger partial charge >= 0.3 is 0 Å². The molecule has 4 aliphatic rings. The minimum atomic E-state index is -0.0497. The zero-order valence-electron chi connectivity index (χ0n) is 43.3. The van der Waals surface area contributed by atoms with Gasteiger partial charge < -0.3 is 14.2 Å². The van der Waals surface area contributed by atoms with Crippen molar-refractivity contribution >= 4 is 41.0 Å². The highest BCUT2D eigenvalue weighted by Crippen LogP contribution is 2.52. The Morgan fingerprint density at radius 2 is 1.52 bits per heavy atom. The van der Waals surface area contributed by atoms with Crippen molar-refractivity contribution in [1.29, 1.82) is 0 Å². The van der Waals surface area contributed by atoms with Gasteiger partial charge in [0.05, 0.1) is 17.4 Å². The summed E-state index contributed by atoms with van der Waals surface area (Å²) in [6.07, 6.45) is 23.4. The van der Waals surface area contributed by atoms with Crippen LogP contribution >= 0.6 is 0 Å². The van der Waals surface area contributed by atoms with Gasteiger partial charge in [-0.15, -0.1) is 6.58 Å². The molecular weight excluding hydrogens is 787 g/mol. The predicted octanol–water partition coefficient (Wildman–Crippen LogP) is 16.9. The van der Waals surface area contributed by atoms with Crippen molar-refractivity contribution in [3.8, 4) is 0 Å². The molecule has 7 rings (SSSR count). The molecular formula is C61H82BN2O. The summed E-state index contributed by atoms with van der Waals surface area (Å²) in [6, 6.07) is 14.2. The van der Waals surface area contributed by atoms with Crippen molar-refractivity contribution in [2.45, 2.75) is 166 Å². The second kappa shape index (κ2) is 17.7. The Labute approximate surface area is 396 Å². The first-order chi connectivity index (χ1) is 30.2. The van der Waals surface area contributed by atoms with Crippen molar-refractivity contribution in [2.24, 2.45) is 34.0 Å². The molecule has 345 valence electrons. The molecule has 2 heterocycles. The first-order valence-electron chi connectivity index (χ1n) is 24.9. The smallest absolute Gasteiger partial charge is 0.246 e. The minimum Gasteiger partial charge on any atom is -0.469 e. The highest BCUT2D eigenvalue weighted by atomic mass is 16.3. The van der Waals surface area contributed by atoms with E-state index >= 15 is 0 Å². The van der Waals surface area contributed by atoms with E-state index < -0.39 is 0 Å². The molecule has 3 aromatic rings. The van der Waals surface area contributed by atoms with E-state index in [0.717, 1.165) is 78.7 Å². The highest BCUT2D eigenvalue weighted by molar-refractivity contribution is 6.63. The summed E-state index contributed by atoms with van der Waals surface area (Å²) in [5.74, 6) is 1.13.